The minimum atomic E-state index is -1.43. The molecule has 0 radical (unpaired) electrons. The SMILES string of the molecule is O=C(O)c1ccc(=O)n(-c2cccnc2)c1F. The van der Waals surface area contributed by atoms with Gasteiger partial charge >= 0.3 is 5.97 Å². The fourth-order valence-corrected chi connectivity index (χ4v) is 1.40. The van der Waals surface area contributed by atoms with Gasteiger partial charge in [0.2, 0.25) is 5.95 Å². The van der Waals surface area contributed by atoms with E-state index in [4.69, 9.17) is 5.11 Å². The molecule has 0 aliphatic rings. The van der Waals surface area contributed by atoms with Gasteiger partial charge in [0.25, 0.3) is 5.56 Å². The number of pyridine rings is 2. The molecular weight excluding hydrogens is 227 g/mol. The third kappa shape index (κ3) is 1.92. The number of halogens is 1. The summed E-state index contributed by atoms with van der Waals surface area (Å²) < 4.78 is 14.5. The maximum Gasteiger partial charge on any atom is 0.340 e. The van der Waals surface area contributed by atoms with E-state index in [0.29, 0.717) is 4.57 Å². The molecule has 86 valence electrons. The fraction of sp³-hybridized carbons (Fsp3) is 0. The average Bonchev–Trinajstić information content (AvgIpc) is 2.30. The minimum absolute atomic E-state index is 0.179. The van der Waals surface area contributed by atoms with Crippen LogP contribution in [-0.4, -0.2) is 20.6 Å². The summed E-state index contributed by atoms with van der Waals surface area (Å²) in [6.07, 6.45) is 2.74. The highest BCUT2D eigenvalue weighted by atomic mass is 19.1. The molecule has 0 aromatic carbocycles. The van der Waals surface area contributed by atoms with Crippen molar-refractivity contribution in [3.63, 3.8) is 0 Å². The molecule has 0 fully saturated rings. The fourth-order valence-electron chi connectivity index (χ4n) is 1.40. The molecule has 0 unspecified atom stereocenters. The Labute approximate surface area is 94.8 Å². The van der Waals surface area contributed by atoms with Gasteiger partial charge < -0.3 is 5.11 Å². The van der Waals surface area contributed by atoms with E-state index < -0.39 is 23.0 Å². The van der Waals surface area contributed by atoms with Crippen LogP contribution in [0.15, 0.2) is 41.5 Å². The number of aromatic nitrogens is 2. The summed E-state index contributed by atoms with van der Waals surface area (Å²) in [5, 5.41) is 8.76. The summed E-state index contributed by atoms with van der Waals surface area (Å²) in [5.74, 6) is -2.54. The van der Waals surface area contributed by atoms with Crippen LogP contribution in [0.2, 0.25) is 0 Å². The smallest absolute Gasteiger partial charge is 0.340 e. The van der Waals surface area contributed by atoms with Gasteiger partial charge in [-0.2, -0.15) is 4.39 Å². The quantitative estimate of drug-likeness (QED) is 0.789. The van der Waals surface area contributed by atoms with Gasteiger partial charge in [-0.3, -0.25) is 14.3 Å². The van der Waals surface area contributed by atoms with Crippen LogP contribution in [0.5, 0.6) is 0 Å². The van der Waals surface area contributed by atoms with Crippen LogP contribution < -0.4 is 5.56 Å². The zero-order valence-electron chi connectivity index (χ0n) is 8.50. The predicted octanol–water partition coefficient (Wildman–Crippen LogP) is 1.07. The van der Waals surface area contributed by atoms with Crippen LogP contribution in [-0.2, 0) is 0 Å². The topological polar surface area (TPSA) is 72.2 Å². The molecule has 0 aliphatic carbocycles. The monoisotopic (exact) mass is 234 g/mol. The van der Waals surface area contributed by atoms with Crippen molar-refractivity contribution in [2.75, 3.05) is 0 Å². The van der Waals surface area contributed by atoms with Crippen molar-refractivity contribution in [3.05, 3.63) is 58.5 Å². The van der Waals surface area contributed by atoms with Crippen molar-refractivity contribution >= 4 is 5.97 Å². The van der Waals surface area contributed by atoms with E-state index in [1.807, 2.05) is 0 Å². The van der Waals surface area contributed by atoms with E-state index in [-0.39, 0.29) is 5.69 Å². The zero-order chi connectivity index (χ0) is 12.4. The van der Waals surface area contributed by atoms with Crippen LogP contribution >= 0.6 is 0 Å². The summed E-state index contributed by atoms with van der Waals surface area (Å²) in [4.78, 5) is 26.0. The number of carboxylic acid groups (broad SMARTS) is 1. The average molecular weight is 234 g/mol. The van der Waals surface area contributed by atoms with E-state index in [9.17, 15) is 14.0 Å². The number of carboxylic acids is 1. The van der Waals surface area contributed by atoms with Gasteiger partial charge in [-0.1, -0.05) is 0 Å². The lowest BCUT2D eigenvalue weighted by Gasteiger charge is -2.07. The van der Waals surface area contributed by atoms with Crippen LogP contribution in [0.3, 0.4) is 0 Å². The summed E-state index contributed by atoms with van der Waals surface area (Å²) in [6, 6.07) is 4.92. The summed E-state index contributed by atoms with van der Waals surface area (Å²) >= 11 is 0. The lowest BCUT2D eigenvalue weighted by Crippen LogP contribution is -2.23. The Hall–Kier alpha value is -2.50. The first-order valence-electron chi connectivity index (χ1n) is 4.66. The Morgan fingerprint density at radius 2 is 2.12 bits per heavy atom. The highest BCUT2D eigenvalue weighted by Gasteiger charge is 2.16. The largest absolute Gasteiger partial charge is 0.478 e. The molecule has 0 saturated heterocycles. The number of hydrogen-bond donors (Lipinski definition) is 1. The molecule has 0 saturated carbocycles. The second-order valence-electron chi connectivity index (χ2n) is 3.23. The third-order valence-corrected chi connectivity index (χ3v) is 2.17. The van der Waals surface area contributed by atoms with Crippen molar-refractivity contribution in [2.45, 2.75) is 0 Å². The highest BCUT2D eigenvalue weighted by molar-refractivity contribution is 5.87. The molecule has 0 spiro atoms. The Morgan fingerprint density at radius 3 is 2.71 bits per heavy atom. The number of aromatic carboxylic acids is 1. The van der Waals surface area contributed by atoms with Gasteiger partial charge in [0, 0.05) is 12.3 Å². The first-order valence-corrected chi connectivity index (χ1v) is 4.66. The van der Waals surface area contributed by atoms with Gasteiger partial charge in [-0.15, -0.1) is 0 Å². The highest BCUT2D eigenvalue weighted by Crippen LogP contribution is 2.10. The molecule has 0 atom stereocenters. The van der Waals surface area contributed by atoms with E-state index >= 15 is 0 Å². The molecule has 0 amide bonds. The maximum atomic E-state index is 13.8. The molecule has 5 nitrogen and oxygen atoms in total. The third-order valence-electron chi connectivity index (χ3n) is 2.17. The minimum Gasteiger partial charge on any atom is -0.478 e. The first kappa shape index (κ1) is 11.0. The Morgan fingerprint density at radius 1 is 1.35 bits per heavy atom. The summed E-state index contributed by atoms with van der Waals surface area (Å²) in [5.41, 5.74) is -1.04. The van der Waals surface area contributed by atoms with E-state index in [2.05, 4.69) is 4.98 Å². The Balaban J connectivity index is 2.74. The predicted molar refractivity (Wildman–Crippen MR) is 56.8 cm³/mol. The number of nitrogens with zero attached hydrogens (tertiary/aromatic N) is 2. The number of rotatable bonds is 2. The normalized spacial score (nSPS) is 10.2. The van der Waals surface area contributed by atoms with E-state index in [1.54, 1.807) is 0 Å². The molecule has 2 heterocycles. The van der Waals surface area contributed by atoms with Gasteiger partial charge in [0.15, 0.2) is 0 Å². The van der Waals surface area contributed by atoms with Crippen LogP contribution in [0, 0.1) is 5.95 Å². The summed E-state index contributed by atoms with van der Waals surface area (Å²) in [6.45, 7) is 0. The number of hydrogen-bond acceptors (Lipinski definition) is 3. The molecule has 2 aromatic rings. The molecule has 2 rings (SSSR count). The Kier molecular flexibility index (Phi) is 2.70. The van der Waals surface area contributed by atoms with Crippen LogP contribution in [0.4, 0.5) is 4.39 Å². The first-order chi connectivity index (χ1) is 8.11. The lowest BCUT2D eigenvalue weighted by molar-refractivity contribution is 0.0690. The van der Waals surface area contributed by atoms with Crippen LogP contribution in [0.25, 0.3) is 5.69 Å². The van der Waals surface area contributed by atoms with Gasteiger partial charge in [-0.05, 0) is 18.2 Å². The second kappa shape index (κ2) is 4.17. The lowest BCUT2D eigenvalue weighted by atomic mass is 10.2. The molecule has 1 N–H and O–H groups in total. The molecule has 0 bridgehead atoms. The Bertz CT molecular complexity index is 622. The van der Waals surface area contributed by atoms with Crippen molar-refractivity contribution < 1.29 is 14.3 Å². The second-order valence-corrected chi connectivity index (χ2v) is 3.23. The van der Waals surface area contributed by atoms with Gasteiger partial charge in [-0.25, -0.2) is 4.79 Å². The van der Waals surface area contributed by atoms with Crippen molar-refractivity contribution in [3.8, 4) is 5.69 Å². The maximum absolute atomic E-state index is 13.8. The molecular formula is C11H7FN2O3. The van der Waals surface area contributed by atoms with Crippen molar-refractivity contribution in [1.82, 2.24) is 9.55 Å². The van der Waals surface area contributed by atoms with Crippen LogP contribution in [0.1, 0.15) is 10.4 Å². The van der Waals surface area contributed by atoms with Gasteiger partial charge in [0.05, 0.1) is 11.9 Å². The molecule has 0 aliphatic heterocycles. The molecule has 17 heavy (non-hydrogen) atoms. The van der Waals surface area contributed by atoms with Crippen molar-refractivity contribution in [2.24, 2.45) is 0 Å². The van der Waals surface area contributed by atoms with E-state index in [0.717, 1.165) is 12.1 Å². The zero-order valence-corrected chi connectivity index (χ0v) is 8.50. The molecule has 2 aromatic heterocycles. The van der Waals surface area contributed by atoms with Gasteiger partial charge in [0.1, 0.15) is 5.56 Å². The van der Waals surface area contributed by atoms with Crippen molar-refractivity contribution in [1.29, 1.82) is 0 Å². The molecule has 6 heteroatoms. The standard InChI is InChI=1S/C11H7FN2O3/c12-10-8(11(16)17)3-4-9(15)14(10)7-2-1-5-13-6-7/h1-6H,(H,16,17). The summed E-state index contributed by atoms with van der Waals surface area (Å²) in [7, 11) is 0. The number of carbonyl (C=O) groups is 1. The van der Waals surface area contributed by atoms with E-state index in [1.165, 1.54) is 24.5 Å².